The Bertz CT molecular complexity index is 658. The molecule has 0 spiro atoms. The standard InChI is InChI=1S/C14H12ClN3O2/c15-12-8-17-5-4-11(12)14(20)18-7-9-2-1-3-10(6-9)13(16)19/h1-6,8H,7H2,(H2,16,19)(H,18,20). The van der Waals surface area contributed by atoms with Crippen molar-refractivity contribution < 1.29 is 9.59 Å². The summed E-state index contributed by atoms with van der Waals surface area (Å²) >= 11 is 5.88. The van der Waals surface area contributed by atoms with E-state index in [4.69, 9.17) is 17.3 Å². The molecule has 1 aromatic heterocycles. The van der Waals surface area contributed by atoms with E-state index in [2.05, 4.69) is 10.3 Å². The van der Waals surface area contributed by atoms with Crippen molar-refractivity contribution in [3.05, 3.63) is 64.4 Å². The number of nitrogens with two attached hydrogens (primary N) is 1. The number of halogens is 1. The van der Waals surface area contributed by atoms with Crippen molar-refractivity contribution in [1.82, 2.24) is 10.3 Å². The summed E-state index contributed by atoms with van der Waals surface area (Å²) in [4.78, 5) is 26.8. The van der Waals surface area contributed by atoms with Crippen LogP contribution >= 0.6 is 11.6 Å². The van der Waals surface area contributed by atoms with Gasteiger partial charge < -0.3 is 11.1 Å². The zero-order valence-electron chi connectivity index (χ0n) is 10.5. The zero-order chi connectivity index (χ0) is 14.5. The van der Waals surface area contributed by atoms with Gasteiger partial charge in [0.2, 0.25) is 5.91 Å². The molecule has 0 saturated carbocycles. The molecule has 3 N–H and O–H groups in total. The summed E-state index contributed by atoms with van der Waals surface area (Å²) in [5.41, 5.74) is 6.73. The number of nitrogens with one attached hydrogen (secondary N) is 1. The maximum absolute atomic E-state index is 11.9. The molecule has 5 nitrogen and oxygen atoms in total. The van der Waals surface area contributed by atoms with Gasteiger partial charge in [-0.3, -0.25) is 14.6 Å². The highest BCUT2D eigenvalue weighted by Crippen LogP contribution is 2.13. The monoisotopic (exact) mass is 289 g/mol. The van der Waals surface area contributed by atoms with E-state index >= 15 is 0 Å². The van der Waals surface area contributed by atoms with Crippen molar-refractivity contribution in [1.29, 1.82) is 0 Å². The van der Waals surface area contributed by atoms with E-state index in [1.165, 1.54) is 18.5 Å². The average Bonchev–Trinajstić information content (AvgIpc) is 2.45. The summed E-state index contributed by atoms with van der Waals surface area (Å²) in [7, 11) is 0. The number of benzene rings is 1. The lowest BCUT2D eigenvalue weighted by Crippen LogP contribution is -2.23. The second kappa shape index (κ2) is 6.16. The number of hydrogen-bond donors (Lipinski definition) is 2. The van der Waals surface area contributed by atoms with Crippen LogP contribution in [0.5, 0.6) is 0 Å². The molecule has 0 saturated heterocycles. The average molecular weight is 290 g/mol. The number of primary amides is 1. The van der Waals surface area contributed by atoms with Crippen LogP contribution in [0.1, 0.15) is 26.3 Å². The van der Waals surface area contributed by atoms with Crippen molar-refractivity contribution in [3.63, 3.8) is 0 Å². The van der Waals surface area contributed by atoms with Gasteiger partial charge in [0.25, 0.3) is 5.91 Å². The van der Waals surface area contributed by atoms with E-state index < -0.39 is 5.91 Å². The van der Waals surface area contributed by atoms with E-state index in [-0.39, 0.29) is 17.5 Å². The second-order valence-electron chi connectivity index (χ2n) is 4.10. The predicted octanol–water partition coefficient (Wildman–Crippen LogP) is 1.76. The quantitative estimate of drug-likeness (QED) is 0.899. The van der Waals surface area contributed by atoms with Crippen molar-refractivity contribution in [2.75, 3.05) is 0 Å². The fourth-order valence-electron chi connectivity index (χ4n) is 1.67. The highest BCUT2D eigenvalue weighted by molar-refractivity contribution is 6.33. The lowest BCUT2D eigenvalue weighted by Gasteiger charge is -2.07. The van der Waals surface area contributed by atoms with Crippen LogP contribution in [0.4, 0.5) is 0 Å². The molecule has 0 bridgehead atoms. The van der Waals surface area contributed by atoms with Crippen LogP contribution in [-0.2, 0) is 6.54 Å². The van der Waals surface area contributed by atoms with Gasteiger partial charge >= 0.3 is 0 Å². The van der Waals surface area contributed by atoms with Crippen LogP contribution in [0, 0.1) is 0 Å². The van der Waals surface area contributed by atoms with E-state index in [9.17, 15) is 9.59 Å². The van der Waals surface area contributed by atoms with Crippen molar-refractivity contribution in [2.45, 2.75) is 6.54 Å². The summed E-state index contributed by atoms with van der Waals surface area (Å²) < 4.78 is 0. The van der Waals surface area contributed by atoms with Gasteiger partial charge in [-0.15, -0.1) is 0 Å². The summed E-state index contributed by atoms with van der Waals surface area (Å²) in [5.74, 6) is -0.808. The van der Waals surface area contributed by atoms with Crippen LogP contribution in [0.2, 0.25) is 5.02 Å². The van der Waals surface area contributed by atoms with Crippen LogP contribution < -0.4 is 11.1 Å². The van der Waals surface area contributed by atoms with Gasteiger partial charge in [0.1, 0.15) is 0 Å². The number of nitrogens with zero attached hydrogens (tertiary/aromatic N) is 1. The Morgan fingerprint density at radius 1 is 1.30 bits per heavy atom. The number of amides is 2. The minimum Gasteiger partial charge on any atom is -0.366 e. The first-order valence-corrected chi connectivity index (χ1v) is 6.22. The fourth-order valence-corrected chi connectivity index (χ4v) is 1.88. The molecule has 0 fully saturated rings. The molecule has 2 rings (SSSR count). The van der Waals surface area contributed by atoms with Gasteiger partial charge in [-0.1, -0.05) is 23.7 Å². The topological polar surface area (TPSA) is 85.1 Å². The zero-order valence-corrected chi connectivity index (χ0v) is 11.2. The first-order chi connectivity index (χ1) is 9.58. The number of carbonyl (C=O) groups excluding carboxylic acids is 2. The largest absolute Gasteiger partial charge is 0.366 e. The minimum absolute atomic E-state index is 0.276. The molecule has 2 aromatic rings. The van der Waals surface area contributed by atoms with E-state index in [1.54, 1.807) is 24.3 Å². The number of hydrogen-bond acceptors (Lipinski definition) is 3. The number of carbonyl (C=O) groups is 2. The molecule has 0 unspecified atom stereocenters. The molecule has 1 aromatic carbocycles. The highest BCUT2D eigenvalue weighted by Gasteiger charge is 2.09. The molecule has 20 heavy (non-hydrogen) atoms. The Labute approximate surface area is 120 Å². The number of aromatic nitrogens is 1. The SMILES string of the molecule is NC(=O)c1cccc(CNC(=O)c2ccncc2Cl)c1. The summed E-state index contributed by atoms with van der Waals surface area (Å²) in [6.45, 7) is 0.276. The molecular weight excluding hydrogens is 278 g/mol. The second-order valence-corrected chi connectivity index (χ2v) is 4.51. The van der Waals surface area contributed by atoms with Gasteiger partial charge in [0, 0.05) is 24.5 Å². The summed E-state index contributed by atoms with van der Waals surface area (Å²) in [6.07, 6.45) is 2.90. The van der Waals surface area contributed by atoms with Crippen LogP contribution in [0.25, 0.3) is 0 Å². The highest BCUT2D eigenvalue weighted by atomic mass is 35.5. The number of pyridine rings is 1. The molecule has 102 valence electrons. The first kappa shape index (κ1) is 14.0. The molecule has 1 heterocycles. The van der Waals surface area contributed by atoms with Crippen LogP contribution in [0.3, 0.4) is 0 Å². The number of rotatable bonds is 4. The van der Waals surface area contributed by atoms with Crippen molar-refractivity contribution in [3.8, 4) is 0 Å². The molecule has 0 atom stereocenters. The smallest absolute Gasteiger partial charge is 0.253 e. The van der Waals surface area contributed by atoms with Gasteiger partial charge in [-0.25, -0.2) is 0 Å². The fraction of sp³-hybridized carbons (Fsp3) is 0.0714. The van der Waals surface area contributed by atoms with E-state index in [1.807, 2.05) is 0 Å². The first-order valence-electron chi connectivity index (χ1n) is 5.84. The molecule has 0 radical (unpaired) electrons. The Kier molecular flexibility index (Phi) is 4.32. The lowest BCUT2D eigenvalue weighted by molar-refractivity contribution is 0.0950. The van der Waals surface area contributed by atoms with Crippen LogP contribution in [0.15, 0.2) is 42.7 Å². The van der Waals surface area contributed by atoms with Gasteiger partial charge in [-0.2, -0.15) is 0 Å². The maximum atomic E-state index is 11.9. The Balaban J connectivity index is 2.06. The molecule has 0 aliphatic carbocycles. The third kappa shape index (κ3) is 3.33. The molecule has 0 aliphatic rings. The van der Waals surface area contributed by atoms with Crippen LogP contribution in [-0.4, -0.2) is 16.8 Å². The van der Waals surface area contributed by atoms with Gasteiger partial charge in [0.05, 0.1) is 10.6 Å². The van der Waals surface area contributed by atoms with Crippen molar-refractivity contribution in [2.24, 2.45) is 5.73 Å². The lowest BCUT2D eigenvalue weighted by atomic mass is 10.1. The Morgan fingerprint density at radius 3 is 2.80 bits per heavy atom. The van der Waals surface area contributed by atoms with Gasteiger partial charge in [0.15, 0.2) is 0 Å². The molecule has 0 aliphatic heterocycles. The molecule has 2 amide bonds. The Morgan fingerprint density at radius 2 is 2.10 bits per heavy atom. The third-order valence-corrected chi connectivity index (χ3v) is 2.98. The van der Waals surface area contributed by atoms with Crippen molar-refractivity contribution >= 4 is 23.4 Å². The molecule has 6 heteroatoms. The predicted molar refractivity (Wildman–Crippen MR) is 75.4 cm³/mol. The van der Waals surface area contributed by atoms with Gasteiger partial charge in [-0.05, 0) is 23.8 Å². The van der Waals surface area contributed by atoms with E-state index in [0.717, 1.165) is 5.56 Å². The summed E-state index contributed by atoms with van der Waals surface area (Å²) in [6, 6.07) is 8.30. The maximum Gasteiger partial charge on any atom is 0.253 e. The summed E-state index contributed by atoms with van der Waals surface area (Å²) in [5, 5.41) is 3.01. The Hall–Kier alpha value is -2.40. The molecular formula is C14H12ClN3O2. The minimum atomic E-state index is -0.504. The van der Waals surface area contributed by atoms with E-state index in [0.29, 0.717) is 11.1 Å². The normalized spacial score (nSPS) is 10.1. The third-order valence-electron chi connectivity index (χ3n) is 2.68.